The van der Waals surface area contributed by atoms with E-state index in [-0.39, 0.29) is 12.0 Å². The van der Waals surface area contributed by atoms with Crippen LogP contribution in [0.15, 0.2) is 18.2 Å². The van der Waals surface area contributed by atoms with E-state index in [1.807, 2.05) is 6.07 Å². The summed E-state index contributed by atoms with van der Waals surface area (Å²) in [4.78, 5) is 16.1. The van der Waals surface area contributed by atoms with E-state index >= 15 is 0 Å². The zero-order valence-corrected chi connectivity index (χ0v) is 11.7. The number of nitrogens with zero attached hydrogens (tertiary/aromatic N) is 2. The minimum Gasteiger partial charge on any atom is -0.478 e. The number of carboxylic acid groups (broad SMARTS) is 1. The van der Waals surface area contributed by atoms with Crippen LogP contribution in [0.1, 0.15) is 48.4 Å². The second-order valence-electron chi connectivity index (χ2n) is 5.49. The summed E-state index contributed by atoms with van der Waals surface area (Å²) in [5.74, 6) is 0.264. The highest BCUT2D eigenvalue weighted by Crippen LogP contribution is 2.31. The van der Waals surface area contributed by atoms with Gasteiger partial charge in [0.2, 0.25) is 0 Å². The van der Waals surface area contributed by atoms with E-state index in [1.165, 1.54) is 0 Å². The third-order valence-corrected chi connectivity index (χ3v) is 3.76. The van der Waals surface area contributed by atoms with E-state index in [1.54, 1.807) is 12.1 Å². The zero-order chi connectivity index (χ0) is 14.3. The highest BCUT2D eigenvalue weighted by atomic mass is 16.5. The molecule has 0 bridgehead atoms. The molecule has 0 amide bonds. The summed E-state index contributed by atoms with van der Waals surface area (Å²) >= 11 is 0. The van der Waals surface area contributed by atoms with Gasteiger partial charge in [-0.3, -0.25) is 0 Å². The Morgan fingerprint density at radius 2 is 2.30 bits per heavy atom. The normalized spacial score (nSPS) is 19.1. The third kappa shape index (κ3) is 1.98. The van der Waals surface area contributed by atoms with Gasteiger partial charge in [-0.1, -0.05) is 19.9 Å². The van der Waals surface area contributed by atoms with Crippen molar-refractivity contribution in [2.24, 2.45) is 0 Å². The van der Waals surface area contributed by atoms with Crippen molar-refractivity contribution in [3.63, 3.8) is 0 Å². The van der Waals surface area contributed by atoms with Gasteiger partial charge in [0, 0.05) is 12.5 Å². The molecular weight excluding hydrogens is 256 g/mol. The number of para-hydroxylation sites is 1. The molecule has 2 aromatic rings. The summed E-state index contributed by atoms with van der Waals surface area (Å²) in [5.41, 5.74) is 1.79. The molecule has 1 N–H and O–H groups in total. The topological polar surface area (TPSA) is 64.3 Å². The first-order valence-electron chi connectivity index (χ1n) is 6.91. The fourth-order valence-electron chi connectivity index (χ4n) is 2.84. The molecule has 3 rings (SSSR count). The van der Waals surface area contributed by atoms with E-state index < -0.39 is 5.97 Å². The number of carbonyl (C=O) groups is 1. The van der Waals surface area contributed by atoms with Crippen LogP contribution in [0, 0.1) is 0 Å². The molecule has 20 heavy (non-hydrogen) atoms. The van der Waals surface area contributed by atoms with E-state index in [9.17, 15) is 9.90 Å². The Morgan fingerprint density at radius 3 is 2.90 bits per heavy atom. The summed E-state index contributed by atoms with van der Waals surface area (Å²) in [6.07, 6.45) is 0.902. The lowest BCUT2D eigenvalue weighted by Crippen LogP contribution is -2.15. The van der Waals surface area contributed by atoms with Crippen molar-refractivity contribution in [3.05, 3.63) is 29.6 Å². The summed E-state index contributed by atoms with van der Waals surface area (Å²) < 4.78 is 7.55. The number of imidazole rings is 1. The van der Waals surface area contributed by atoms with Gasteiger partial charge in [0.15, 0.2) is 0 Å². The second kappa shape index (κ2) is 4.90. The van der Waals surface area contributed by atoms with Crippen molar-refractivity contribution < 1.29 is 14.6 Å². The number of hydrogen-bond acceptors (Lipinski definition) is 3. The molecule has 0 aliphatic carbocycles. The molecule has 1 aliphatic heterocycles. The molecule has 106 valence electrons. The van der Waals surface area contributed by atoms with Gasteiger partial charge in [0.05, 0.1) is 29.2 Å². The van der Waals surface area contributed by atoms with Gasteiger partial charge in [0.1, 0.15) is 5.82 Å². The lowest BCUT2D eigenvalue weighted by Gasteiger charge is -2.17. The minimum atomic E-state index is -0.911. The quantitative estimate of drug-likeness (QED) is 0.934. The van der Waals surface area contributed by atoms with Gasteiger partial charge in [-0.15, -0.1) is 0 Å². The number of carboxylic acids is 1. The van der Waals surface area contributed by atoms with Crippen LogP contribution in [0.5, 0.6) is 0 Å². The molecule has 1 aliphatic rings. The molecule has 5 heteroatoms. The Bertz CT molecular complexity index is 654. The molecule has 1 atom stereocenters. The van der Waals surface area contributed by atoms with Crippen molar-refractivity contribution in [3.8, 4) is 0 Å². The molecule has 1 fully saturated rings. The number of ether oxygens (including phenoxy) is 1. The first-order valence-corrected chi connectivity index (χ1v) is 6.91. The molecule has 0 radical (unpaired) electrons. The first-order chi connectivity index (χ1) is 9.59. The van der Waals surface area contributed by atoms with Gasteiger partial charge >= 0.3 is 5.97 Å². The SMILES string of the molecule is CC(C)c1nc2cccc(C(=O)O)c2n1C1CCOC1. The average Bonchev–Trinajstić information content (AvgIpc) is 3.04. The Kier molecular flexibility index (Phi) is 3.22. The van der Waals surface area contributed by atoms with Crippen molar-refractivity contribution in [2.75, 3.05) is 13.2 Å². The predicted octanol–water partition coefficient (Wildman–Crippen LogP) is 2.82. The van der Waals surface area contributed by atoms with E-state index in [0.29, 0.717) is 12.2 Å². The lowest BCUT2D eigenvalue weighted by atomic mass is 10.1. The number of fused-ring (bicyclic) bond motifs is 1. The monoisotopic (exact) mass is 274 g/mol. The fraction of sp³-hybridized carbons (Fsp3) is 0.467. The Hall–Kier alpha value is -1.88. The Balaban J connectivity index is 2.31. The number of rotatable bonds is 3. The first kappa shape index (κ1) is 13.1. The predicted molar refractivity (Wildman–Crippen MR) is 75.3 cm³/mol. The summed E-state index contributed by atoms with van der Waals surface area (Å²) in [7, 11) is 0. The summed E-state index contributed by atoms with van der Waals surface area (Å²) in [5, 5.41) is 9.43. The van der Waals surface area contributed by atoms with Gasteiger partial charge in [-0.25, -0.2) is 9.78 Å². The third-order valence-electron chi connectivity index (χ3n) is 3.76. The van der Waals surface area contributed by atoms with Crippen LogP contribution in [-0.2, 0) is 4.74 Å². The number of aromatic nitrogens is 2. The molecule has 1 aromatic heterocycles. The van der Waals surface area contributed by atoms with Crippen LogP contribution in [-0.4, -0.2) is 33.8 Å². The molecule has 1 saturated heterocycles. The fourth-order valence-corrected chi connectivity index (χ4v) is 2.84. The maximum Gasteiger partial charge on any atom is 0.337 e. The van der Waals surface area contributed by atoms with Crippen molar-refractivity contribution >= 4 is 17.0 Å². The standard InChI is InChI=1S/C15H18N2O3/c1-9(2)14-16-12-5-3-4-11(15(18)19)13(12)17(14)10-6-7-20-8-10/h3-5,9-10H,6-8H2,1-2H3,(H,18,19). The van der Waals surface area contributed by atoms with E-state index in [0.717, 1.165) is 29.9 Å². The van der Waals surface area contributed by atoms with Gasteiger partial charge in [0.25, 0.3) is 0 Å². The largest absolute Gasteiger partial charge is 0.478 e. The van der Waals surface area contributed by atoms with Crippen LogP contribution in [0.3, 0.4) is 0 Å². The highest BCUT2D eigenvalue weighted by molar-refractivity contribution is 6.01. The van der Waals surface area contributed by atoms with Crippen molar-refractivity contribution in [1.29, 1.82) is 0 Å². The number of aromatic carboxylic acids is 1. The zero-order valence-electron chi connectivity index (χ0n) is 11.7. The number of hydrogen-bond donors (Lipinski definition) is 1. The van der Waals surface area contributed by atoms with Gasteiger partial charge in [-0.05, 0) is 18.6 Å². The molecule has 5 nitrogen and oxygen atoms in total. The molecule has 0 saturated carbocycles. The maximum atomic E-state index is 11.5. The smallest absolute Gasteiger partial charge is 0.337 e. The molecule has 2 heterocycles. The molecule has 0 spiro atoms. The van der Waals surface area contributed by atoms with Crippen LogP contribution >= 0.6 is 0 Å². The van der Waals surface area contributed by atoms with Gasteiger partial charge < -0.3 is 14.4 Å². The van der Waals surface area contributed by atoms with Crippen molar-refractivity contribution in [1.82, 2.24) is 9.55 Å². The minimum absolute atomic E-state index is 0.179. The van der Waals surface area contributed by atoms with Crippen LogP contribution < -0.4 is 0 Å². The van der Waals surface area contributed by atoms with Crippen LogP contribution in [0.2, 0.25) is 0 Å². The van der Waals surface area contributed by atoms with Crippen molar-refractivity contribution in [2.45, 2.75) is 32.2 Å². The van der Waals surface area contributed by atoms with E-state index in [4.69, 9.17) is 4.74 Å². The Labute approximate surface area is 117 Å². The lowest BCUT2D eigenvalue weighted by molar-refractivity contribution is 0.0698. The number of benzene rings is 1. The van der Waals surface area contributed by atoms with Crippen LogP contribution in [0.4, 0.5) is 0 Å². The molecule has 1 aromatic carbocycles. The molecule has 1 unspecified atom stereocenters. The summed E-state index contributed by atoms with van der Waals surface area (Å²) in [6.45, 7) is 5.50. The van der Waals surface area contributed by atoms with E-state index in [2.05, 4.69) is 23.4 Å². The maximum absolute atomic E-state index is 11.5. The second-order valence-corrected chi connectivity index (χ2v) is 5.49. The highest BCUT2D eigenvalue weighted by Gasteiger charge is 2.26. The average molecular weight is 274 g/mol. The van der Waals surface area contributed by atoms with Crippen LogP contribution in [0.25, 0.3) is 11.0 Å². The Morgan fingerprint density at radius 1 is 1.50 bits per heavy atom. The van der Waals surface area contributed by atoms with Gasteiger partial charge in [-0.2, -0.15) is 0 Å². The summed E-state index contributed by atoms with van der Waals surface area (Å²) in [6, 6.07) is 5.44. The molecular formula is C15H18N2O3.